The lowest BCUT2D eigenvalue weighted by Crippen LogP contribution is -2.16. The van der Waals surface area contributed by atoms with Gasteiger partial charge in [-0.15, -0.1) is 0 Å². The van der Waals surface area contributed by atoms with Gasteiger partial charge in [0.25, 0.3) is 0 Å². The summed E-state index contributed by atoms with van der Waals surface area (Å²) in [7, 11) is 0. The molecule has 0 saturated carbocycles. The average molecular weight is 655 g/mol. The molecule has 0 amide bonds. The molecule has 0 saturated heterocycles. The number of fused-ring (bicyclic) bond motifs is 8. The monoisotopic (exact) mass is 654 g/mol. The third kappa shape index (κ3) is 4.69. The van der Waals surface area contributed by atoms with Gasteiger partial charge in [0.1, 0.15) is 5.52 Å². The van der Waals surface area contributed by atoms with Gasteiger partial charge in [-0.05, 0) is 104 Å². The molecule has 0 radical (unpaired) electrons. The normalized spacial score (nSPS) is 13.1. The van der Waals surface area contributed by atoms with Crippen LogP contribution in [-0.4, -0.2) is 4.98 Å². The SMILES string of the molecule is CC1(C)c2ccccc2-c2ccc(N(c3ccc(-c4ccccc4)cc3)c3ccc4c(ccc5ccc6nc(-c7ccccc7)oc6c54)c3)cc21. The number of anilines is 3. The van der Waals surface area contributed by atoms with Gasteiger partial charge in [0.2, 0.25) is 5.89 Å². The molecule has 1 heterocycles. The number of aromatic nitrogens is 1. The van der Waals surface area contributed by atoms with Crippen LogP contribution in [0.2, 0.25) is 0 Å². The maximum absolute atomic E-state index is 6.51. The number of hydrogen-bond donors (Lipinski definition) is 0. The van der Waals surface area contributed by atoms with E-state index in [9.17, 15) is 0 Å². The molecule has 0 fully saturated rings. The highest BCUT2D eigenvalue weighted by molar-refractivity contribution is 6.18. The zero-order valence-corrected chi connectivity index (χ0v) is 28.5. The second-order valence-corrected chi connectivity index (χ2v) is 14.0. The third-order valence-corrected chi connectivity index (χ3v) is 10.7. The van der Waals surface area contributed by atoms with E-state index in [1.807, 2.05) is 30.3 Å². The predicted octanol–water partition coefficient (Wildman–Crippen LogP) is 13.2. The quantitative estimate of drug-likeness (QED) is 0.173. The van der Waals surface area contributed by atoms with Crippen LogP contribution in [0.3, 0.4) is 0 Å². The van der Waals surface area contributed by atoms with Gasteiger partial charge in [0, 0.05) is 33.4 Å². The topological polar surface area (TPSA) is 29.3 Å². The van der Waals surface area contributed by atoms with Gasteiger partial charge in [-0.1, -0.05) is 129 Å². The zero-order chi connectivity index (χ0) is 34.1. The number of oxazole rings is 1. The molecular weight excluding hydrogens is 621 g/mol. The van der Waals surface area contributed by atoms with Crippen LogP contribution in [-0.2, 0) is 5.41 Å². The van der Waals surface area contributed by atoms with Gasteiger partial charge < -0.3 is 9.32 Å². The Morgan fingerprint density at radius 2 is 1.10 bits per heavy atom. The summed E-state index contributed by atoms with van der Waals surface area (Å²) in [6.07, 6.45) is 0. The third-order valence-electron chi connectivity index (χ3n) is 10.7. The first-order valence-electron chi connectivity index (χ1n) is 17.5. The molecule has 1 aliphatic carbocycles. The molecule has 10 rings (SSSR count). The lowest BCUT2D eigenvalue weighted by molar-refractivity contribution is 0.623. The summed E-state index contributed by atoms with van der Waals surface area (Å²) in [6.45, 7) is 4.68. The Morgan fingerprint density at radius 1 is 0.490 bits per heavy atom. The zero-order valence-electron chi connectivity index (χ0n) is 28.5. The van der Waals surface area contributed by atoms with Crippen LogP contribution in [0, 0.1) is 0 Å². The first kappa shape index (κ1) is 29.5. The van der Waals surface area contributed by atoms with Crippen molar-refractivity contribution in [3.05, 3.63) is 181 Å². The number of nitrogens with zero attached hydrogens (tertiary/aromatic N) is 2. The highest BCUT2D eigenvalue weighted by Crippen LogP contribution is 2.51. The molecule has 0 spiro atoms. The van der Waals surface area contributed by atoms with Crippen LogP contribution < -0.4 is 4.90 Å². The summed E-state index contributed by atoms with van der Waals surface area (Å²) in [5, 5.41) is 4.50. The summed E-state index contributed by atoms with van der Waals surface area (Å²) in [4.78, 5) is 7.26. The summed E-state index contributed by atoms with van der Waals surface area (Å²) in [5.74, 6) is 0.638. The average Bonchev–Trinajstić information content (AvgIpc) is 3.72. The van der Waals surface area contributed by atoms with Crippen LogP contribution in [0.4, 0.5) is 17.1 Å². The fourth-order valence-electron chi connectivity index (χ4n) is 8.07. The number of rotatable bonds is 5. The Hall–Kier alpha value is -6.45. The minimum absolute atomic E-state index is 0.103. The van der Waals surface area contributed by atoms with Crippen LogP contribution in [0.1, 0.15) is 25.0 Å². The van der Waals surface area contributed by atoms with E-state index in [4.69, 9.17) is 9.40 Å². The molecule has 9 aromatic rings. The molecule has 1 aromatic heterocycles. The molecule has 3 heteroatoms. The maximum Gasteiger partial charge on any atom is 0.227 e. The van der Waals surface area contributed by atoms with Gasteiger partial charge in [-0.25, -0.2) is 4.98 Å². The first-order chi connectivity index (χ1) is 25.0. The van der Waals surface area contributed by atoms with E-state index < -0.39 is 0 Å². The van der Waals surface area contributed by atoms with Crippen molar-refractivity contribution in [2.24, 2.45) is 0 Å². The Kier molecular flexibility index (Phi) is 6.53. The van der Waals surface area contributed by atoms with Crippen molar-refractivity contribution < 1.29 is 4.42 Å². The van der Waals surface area contributed by atoms with Gasteiger partial charge in [0.05, 0.1) is 0 Å². The van der Waals surface area contributed by atoms with Crippen molar-refractivity contribution in [1.29, 1.82) is 0 Å². The van der Waals surface area contributed by atoms with E-state index in [1.165, 1.54) is 33.4 Å². The molecule has 0 unspecified atom stereocenters. The van der Waals surface area contributed by atoms with Crippen molar-refractivity contribution in [3.8, 4) is 33.7 Å². The fraction of sp³-hybridized carbons (Fsp3) is 0.0625. The number of benzene rings is 8. The van der Waals surface area contributed by atoms with Gasteiger partial charge in [0.15, 0.2) is 5.58 Å². The minimum Gasteiger partial charge on any atom is -0.435 e. The molecule has 0 atom stereocenters. The molecule has 1 aliphatic rings. The van der Waals surface area contributed by atoms with E-state index in [2.05, 4.69) is 158 Å². The van der Waals surface area contributed by atoms with Crippen molar-refractivity contribution >= 4 is 49.7 Å². The summed E-state index contributed by atoms with van der Waals surface area (Å²) in [5.41, 5.74) is 13.6. The molecular formula is C48H34N2O. The molecule has 242 valence electrons. The van der Waals surface area contributed by atoms with E-state index in [0.29, 0.717) is 5.89 Å². The van der Waals surface area contributed by atoms with E-state index in [1.54, 1.807) is 0 Å². The van der Waals surface area contributed by atoms with Crippen molar-refractivity contribution in [2.45, 2.75) is 19.3 Å². The van der Waals surface area contributed by atoms with Gasteiger partial charge in [-0.3, -0.25) is 0 Å². The molecule has 8 aromatic carbocycles. The molecule has 51 heavy (non-hydrogen) atoms. The Labute approximate surface area is 297 Å². The van der Waals surface area contributed by atoms with Crippen LogP contribution in [0.5, 0.6) is 0 Å². The highest BCUT2D eigenvalue weighted by Gasteiger charge is 2.35. The lowest BCUT2D eigenvalue weighted by atomic mass is 9.82. The maximum atomic E-state index is 6.51. The Bertz CT molecular complexity index is 2760. The molecule has 0 aliphatic heterocycles. The second-order valence-electron chi connectivity index (χ2n) is 14.0. The minimum atomic E-state index is -0.103. The molecule has 0 N–H and O–H groups in total. The Balaban J connectivity index is 1.14. The van der Waals surface area contributed by atoms with E-state index in [-0.39, 0.29) is 5.41 Å². The predicted molar refractivity (Wildman–Crippen MR) is 212 cm³/mol. The van der Waals surface area contributed by atoms with E-state index >= 15 is 0 Å². The number of hydrogen-bond acceptors (Lipinski definition) is 3. The summed E-state index contributed by atoms with van der Waals surface area (Å²) in [6, 6.07) is 60.8. The van der Waals surface area contributed by atoms with Crippen LogP contribution in [0.25, 0.3) is 66.4 Å². The molecule has 3 nitrogen and oxygen atoms in total. The standard InChI is InChI=1S/C48H34N2O/c1-48(2)42-16-10-9-15-40(42)41-27-25-38(30-43(41)48)50(36-22-19-32(20-23-36)31-11-5-3-6-12-31)37-24-26-39-35(29-37)18-17-33-21-28-44-46(45(33)39)51-47(49-44)34-13-7-4-8-14-34/h3-30H,1-2H3. The summed E-state index contributed by atoms with van der Waals surface area (Å²) >= 11 is 0. The van der Waals surface area contributed by atoms with Crippen molar-refractivity contribution in [3.63, 3.8) is 0 Å². The van der Waals surface area contributed by atoms with Crippen LogP contribution in [0.15, 0.2) is 174 Å². The largest absolute Gasteiger partial charge is 0.435 e. The smallest absolute Gasteiger partial charge is 0.227 e. The Morgan fingerprint density at radius 3 is 1.90 bits per heavy atom. The van der Waals surface area contributed by atoms with Gasteiger partial charge in [-0.2, -0.15) is 0 Å². The first-order valence-corrected chi connectivity index (χ1v) is 17.5. The summed E-state index contributed by atoms with van der Waals surface area (Å²) < 4.78 is 6.51. The highest BCUT2D eigenvalue weighted by atomic mass is 16.3. The second kappa shape index (κ2) is 11.3. The van der Waals surface area contributed by atoms with E-state index in [0.717, 1.165) is 55.3 Å². The fourth-order valence-corrected chi connectivity index (χ4v) is 8.07. The van der Waals surface area contributed by atoms with Crippen LogP contribution >= 0.6 is 0 Å². The van der Waals surface area contributed by atoms with Crippen molar-refractivity contribution in [1.82, 2.24) is 4.98 Å². The van der Waals surface area contributed by atoms with Gasteiger partial charge >= 0.3 is 0 Å². The molecule has 0 bridgehead atoms. The lowest BCUT2D eigenvalue weighted by Gasteiger charge is -2.28. The van der Waals surface area contributed by atoms with Crippen molar-refractivity contribution in [2.75, 3.05) is 4.90 Å².